The maximum Gasteiger partial charge on any atom is 0.132 e. The third kappa shape index (κ3) is 3.34. The summed E-state index contributed by atoms with van der Waals surface area (Å²) in [5.74, 6) is 0.716. The van der Waals surface area contributed by atoms with E-state index in [4.69, 9.17) is 21.6 Å². The normalized spacial score (nSPS) is 19.3. The van der Waals surface area contributed by atoms with Gasteiger partial charge in [0.15, 0.2) is 0 Å². The summed E-state index contributed by atoms with van der Waals surface area (Å²) in [6, 6.07) is 5.39. The van der Waals surface area contributed by atoms with E-state index in [1.807, 2.05) is 11.9 Å². The van der Waals surface area contributed by atoms with Gasteiger partial charge in [-0.25, -0.2) is 4.98 Å². The predicted molar refractivity (Wildman–Crippen MR) is 70.8 cm³/mol. The molecule has 5 heteroatoms. The lowest BCUT2D eigenvalue weighted by molar-refractivity contribution is 0.0215. The molecule has 1 atom stereocenters. The van der Waals surface area contributed by atoms with Crippen molar-refractivity contribution in [2.45, 2.75) is 25.4 Å². The van der Waals surface area contributed by atoms with Gasteiger partial charge in [-0.1, -0.05) is 11.6 Å². The van der Waals surface area contributed by atoms with Crippen LogP contribution in [0.4, 0.5) is 5.82 Å². The second-order valence-electron chi connectivity index (χ2n) is 4.52. The van der Waals surface area contributed by atoms with E-state index in [-0.39, 0.29) is 6.10 Å². The van der Waals surface area contributed by atoms with Gasteiger partial charge < -0.3 is 9.64 Å². The zero-order chi connectivity index (χ0) is 13.0. The number of ether oxygens (including phenoxy) is 1. The van der Waals surface area contributed by atoms with Crippen LogP contribution in [0.5, 0.6) is 0 Å². The summed E-state index contributed by atoms with van der Waals surface area (Å²) in [6.45, 7) is 1.61. The molecule has 0 saturated carbocycles. The fraction of sp³-hybridized carbons (Fsp3) is 0.538. The number of pyridine rings is 1. The molecule has 1 saturated heterocycles. The molecule has 96 valence electrons. The summed E-state index contributed by atoms with van der Waals surface area (Å²) < 4.78 is 5.69. The second-order valence-corrected chi connectivity index (χ2v) is 4.90. The highest BCUT2D eigenvalue weighted by molar-refractivity contribution is 6.29. The molecule has 0 spiro atoms. The van der Waals surface area contributed by atoms with E-state index in [2.05, 4.69) is 11.1 Å². The van der Waals surface area contributed by atoms with Crippen LogP contribution < -0.4 is 4.90 Å². The summed E-state index contributed by atoms with van der Waals surface area (Å²) in [4.78, 5) is 6.22. The van der Waals surface area contributed by atoms with Crippen molar-refractivity contribution in [2.75, 3.05) is 25.1 Å². The van der Waals surface area contributed by atoms with Gasteiger partial charge >= 0.3 is 0 Å². The minimum atomic E-state index is 0.245. The number of nitriles is 1. The van der Waals surface area contributed by atoms with E-state index < -0.39 is 0 Å². The first-order valence-corrected chi connectivity index (χ1v) is 6.47. The lowest BCUT2D eigenvalue weighted by Gasteiger charge is -2.28. The lowest BCUT2D eigenvalue weighted by Crippen LogP contribution is -2.33. The molecule has 1 fully saturated rings. The summed E-state index contributed by atoms with van der Waals surface area (Å²) in [5.41, 5.74) is 0.529. The standard InChI is InChI=1S/C13H16ClN3O/c1-17(9-11-4-2-3-5-18-11)13-7-10(8-15)6-12(14)16-13/h6-7,11H,2-5,9H2,1H3. The molecule has 18 heavy (non-hydrogen) atoms. The molecule has 0 radical (unpaired) electrons. The molecule has 2 heterocycles. The van der Waals surface area contributed by atoms with Crippen molar-refractivity contribution in [2.24, 2.45) is 0 Å². The first kappa shape index (κ1) is 13.1. The summed E-state index contributed by atoms with van der Waals surface area (Å²) in [6.07, 6.45) is 3.69. The molecular weight excluding hydrogens is 250 g/mol. The van der Waals surface area contributed by atoms with Crippen LogP contribution in [0.25, 0.3) is 0 Å². The number of rotatable bonds is 3. The maximum absolute atomic E-state index is 8.91. The minimum absolute atomic E-state index is 0.245. The Hall–Kier alpha value is -1.31. The summed E-state index contributed by atoms with van der Waals surface area (Å²) in [5, 5.41) is 9.26. The van der Waals surface area contributed by atoms with Crippen LogP contribution in [0.2, 0.25) is 5.15 Å². The van der Waals surface area contributed by atoms with E-state index in [1.165, 1.54) is 6.42 Å². The number of nitrogens with zero attached hydrogens (tertiary/aromatic N) is 3. The lowest BCUT2D eigenvalue weighted by atomic mass is 10.1. The molecule has 1 aliphatic rings. The number of aromatic nitrogens is 1. The summed E-state index contributed by atoms with van der Waals surface area (Å²) >= 11 is 5.90. The number of anilines is 1. The van der Waals surface area contributed by atoms with Crippen LogP contribution in [0, 0.1) is 11.3 Å². The van der Waals surface area contributed by atoms with E-state index in [1.54, 1.807) is 12.1 Å². The van der Waals surface area contributed by atoms with Gasteiger partial charge in [0.1, 0.15) is 11.0 Å². The fourth-order valence-corrected chi connectivity index (χ4v) is 2.30. The molecule has 1 unspecified atom stereocenters. The van der Waals surface area contributed by atoms with Crippen molar-refractivity contribution in [3.63, 3.8) is 0 Å². The first-order chi connectivity index (χ1) is 8.69. The van der Waals surface area contributed by atoms with Crippen LogP contribution in [0.3, 0.4) is 0 Å². The van der Waals surface area contributed by atoms with Crippen molar-refractivity contribution in [3.8, 4) is 6.07 Å². The van der Waals surface area contributed by atoms with E-state index >= 15 is 0 Å². The van der Waals surface area contributed by atoms with Crippen LogP contribution in [0.15, 0.2) is 12.1 Å². The summed E-state index contributed by atoms with van der Waals surface area (Å²) in [7, 11) is 1.94. The highest BCUT2D eigenvalue weighted by Gasteiger charge is 2.17. The van der Waals surface area contributed by atoms with Gasteiger partial charge in [0.2, 0.25) is 0 Å². The smallest absolute Gasteiger partial charge is 0.132 e. The van der Waals surface area contributed by atoms with Crippen molar-refractivity contribution < 1.29 is 4.74 Å². The highest BCUT2D eigenvalue weighted by atomic mass is 35.5. The van der Waals surface area contributed by atoms with Gasteiger partial charge in [0.05, 0.1) is 17.7 Å². The zero-order valence-electron chi connectivity index (χ0n) is 10.4. The third-order valence-corrected chi connectivity index (χ3v) is 3.25. The Balaban J connectivity index is 2.05. The quantitative estimate of drug-likeness (QED) is 0.789. The largest absolute Gasteiger partial charge is 0.376 e. The number of halogens is 1. The predicted octanol–water partition coefficient (Wildman–Crippen LogP) is 2.61. The molecule has 0 aromatic carbocycles. The number of hydrogen-bond donors (Lipinski definition) is 0. The van der Waals surface area contributed by atoms with Crippen LogP contribution in [0.1, 0.15) is 24.8 Å². The Bertz CT molecular complexity index is 452. The minimum Gasteiger partial charge on any atom is -0.376 e. The molecule has 0 amide bonds. The Labute approximate surface area is 112 Å². The van der Waals surface area contributed by atoms with Gasteiger partial charge in [-0.3, -0.25) is 0 Å². The molecular formula is C13H16ClN3O. The van der Waals surface area contributed by atoms with Crippen LogP contribution in [-0.2, 0) is 4.74 Å². The van der Waals surface area contributed by atoms with Gasteiger partial charge in [-0.05, 0) is 31.4 Å². The first-order valence-electron chi connectivity index (χ1n) is 6.09. The van der Waals surface area contributed by atoms with Crippen LogP contribution >= 0.6 is 11.6 Å². The molecule has 0 bridgehead atoms. The Morgan fingerprint density at radius 3 is 3.06 bits per heavy atom. The molecule has 0 aliphatic carbocycles. The zero-order valence-corrected chi connectivity index (χ0v) is 11.2. The Kier molecular flexibility index (Phi) is 4.40. The second kappa shape index (κ2) is 6.03. The van der Waals surface area contributed by atoms with E-state index in [0.29, 0.717) is 16.5 Å². The SMILES string of the molecule is CN(CC1CCCCO1)c1cc(C#N)cc(Cl)n1. The average molecular weight is 266 g/mol. The molecule has 4 nitrogen and oxygen atoms in total. The van der Waals surface area contributed by atoms with Crippen molar-refractivity contribution in [1.82, 2.24) is 4.98 Å². The number of likely N-dealkylation sites (N-methyl/N-ethyl adjacent to an activating group) is 1. The Morgan fingerprint density at radius 1 is 1.56 bits per heavy atom. The molecule has 1 aliphatic heterocycles. The fourth-order valence-electron chi connectivity index (χ4n) is 2.09. The maximum atomic E-state index is 8.91. The molecule has 1 aromatic rings. The van der Waals surface area contributed by atoms with Gasteiger partial charge in [-0.15, -0.1) is 0 Å². The monoisotopic (exact) mass is 265 g/mol. The van der Waals surface area contributed by atoms with Gasteiger partial charge in [0, 0.05) is 20.2 Å². The molecule has 1 aromatic heterocycles. The van der Waals surface area contributed by atoms with E-state index in [9.17, 15) is 0 Å². The Morgan fingerprint density at radius 2 is 2.39 bits per heavy atom. The van der Waals surface area contributed by atoms with Crippen molar-refractivity contribution in [3.05, 3.63) is 22.8 Å². The van der Waals surface area contributed by atoms with Crippen LogP contribution in [-0.4, -0.2) is 31.3 Å². The van der Waals surface area contributed by atoms with Gasteiger partial charge in [-0.2, -0.15) is 5.26 Å². The van der Waals surface area contributed by atoms with E-state index in [0.717, 1.165) is 26.0 Å². The highest BCUT2D eigenvalue weighted by Crippen LogP contribution is 2.19. The third-order valence-electron chi connectivity index (χ3n) is 3.05. The van der Waals surface area contributed by atoms with Gasteiger partial charge in [0.25, 0.3) is 0 Å². The number of hydrogen-bond acceptors (Lipinski definition) is 4. The van der Waals surface area contributed by atoms with Crippen molar-refractivity contribution in [1.29, 1.82) is 5.26 Å². The topological polar surface area (TPSA) is 49.1 Å². The van der Waals surface area contributed by atoms with Crippen molar-refractivity contribution >= 4 is 17.4 Å². The average Bonchev–Trinajstić information content (AvgIpc) is 2.39. The molecule has 0 N–H and O–H groups in total. The molecule has 2 rings (SSSR count).